The molecule has 1 saturated heterocycles. The number of carbonyl (C=O) groups is 1. The van der Waals surface area contributed by atoms with Gasteiger partial charge in [-0.25, -0.2) is 8.78 Å². The number of hydrogen-bond acceptors (Lipinski definition) is 4. The van der Waals surface area contributed by atoms with Crippen molar-refractivity contribution in [2.24, 2.45) is 0 Å². The molecule has 1 amide bonds. The number of nitrogens with zero attached hydrogens (tertiary/aromatic N) is 1. The highest BCUT2D eigenvalue weighted by atomic mass is 19.1. The highest BCUT2D eigenvalue weighted by molar-refractivity contribution is 5.98. The summed E-state index contributed by atoms with van der Waals surface area (Å²) in [7, 11) is 0. The van der Waals surface area contributed by atoms with Gasteiger partial charge in [0.1, 0.15) is 11.6 Å². The molecule has 7 heteroatoms. The third-order valence-corrected chi connectivity index (χ3v) is 4.48. The molecule has 25 heavy (non-hydrogen) atoms. The van der Waals surface area contributed by atoms with Crippen LogP contribution < -0.4 is 9.47 Å². The number of rotatable bonds is 2. The minimum absolute atomic E-state index is 0.0181. The number of β-amino-alcohol motifs (C(OH)–C–C–N with tert-alkyl or cyclic N) is 1. The Balaban J connectivity index is 1.72. The van der Waals surface area contributed by atoms with Gasteiger partial charge < -0.3 is 19.5 Å². The maximum Gasteiger partial charge on any atom is 0.258 e. The van der Waals surface area contributed by atoms with Crippen molar-refractivity contribution >= 4 is 5.91 Å². The van der Waals surface area contributed by atoms with Gasteiger partial charge in [0.2, 0.25) is 6.79 Å². The van der Waals surface area contributed by atoms with Crippen LogP contribution in [0.4, 0.5) is 8.78 Å². The number of hydrogen-bond donors (Lipinski definition) is 1. The summed E-state index contributed by atoms with van der Waals surface area (Å²) in [4.78, 5) is 14.3. The monoisotopic (exact) mass is 347 g/mol. The van der Waals surface area contributed by atoms with Crippen LogP contribution in [0.3, 0.4) is 0 Å². The average Bonchev–Trinajstić information content (AvgIpc) is 3.22. The predicted molar refractivity (Wildman–Crippen MR) is 83.3 cm³/mol. The molecule has 0 aliphatic carbocycles. The normalized spacial score (nSPS) is 21.6. The van der Waals surface area contributed by atoms with Crippen LogP contribution in [0.25, 0.3) is 0 Å². The number of aliphatic hydroxyl groups excluding tert-OH is 1. The quantitative estimate of drug-likeness (QED) is 0.907. The van der Waals surface area contributed by atoms with Crippen LogP contribution in [-0.2, 0) is 0 Å². The van der Waals surface area contributed by atoms with Crippen molar-refractivity contribution in [3.8, 4) is 11.5 Å². The third kappa shape index (κ3) is 2.70. The van der Waals surface area contributed by atoms with E-state index in [0.29, 0.717) is 11.5 Å². The summed E-state index contributed by atoms with van der Waals surface area (Å²) in [5.74, 6) is -0.849. The minimum Gasteiger partial charge on any atom is -0.454 e. The van der Waals surface area contributed by atoms with Crippen molar-refractivity contribution in [3.05, 3.63) is 59.2 Å². The van der Waals surface area contributed by atoms with E-state index in [2.05, 4.69) is 0 Å². The summed E-state index contributed by atoms with van der Waals surface area (Å²) in [6, 6.07) is 7.27. The van der Waals surface area contributed by atoms with Crippen LogP contribution in [-0.4, -0.2) is 35.4 Å². The Morgan fingerprint density at radius 1 is 1.20 bits per heavy atom. The molecule has 0 spiro atoms. The molecule has 5 nitrogen and oxygen atoms in total. The molecule has 2 heterocycles. The van der Waals surface area contributed by atoms with E-state index in [1.807, 2.05) is 0 Å². The summed E-state index contributed by atoms with van der Waals surface area (Å²) in [6.07, 6.45) is -0.677. The summed E-state index contributed by atoms with van der Waals surface area (Å²) in [6.45, 7) is 0.0498. The maximum atomic E-state index is 14.2. The van der Waals surface area contributed by atoms with Crippen LogP contribution >= 0.6 is 0 Å². The first-order chi connectivity index (χ1) is 12.0. The molecule has 0 aromatic heterocycles. The lowest BCUT2D eigenvalue weighted by Gasteiger charge is -2.25. The van der Waals surface area contributed by atoms with E-state index in [4.69, 9.17) is 9.47 Å². The van der Waals surface area contributed by atoms with Crippen molar-refractivity contribution in [3.63, 3.8) is 0 Å². The molecular formula is C18H15F2NO4. The highest BCUT2D eigenvalue weighted by Gasteiger charge is 2.38. The molecule has 1 N–H and O–H groups in total. The molecule has 130 valence electrons. The number of carbonyl (C=O) groups excluding carboxylic acids is 1. The van der Waals surface area contributed by atoms with E-state index in [9.17, 15) is 18.7 Å². The summed E-state index contributed by atoms with van der Waals surface area (Å²) < 4.78 is 38.4. The number of benzene rings is 2. The van der Waals surface area contributed by atoms with Gasteiger partial charge in [-0.15, -0.1) is 0 Å². The Morgan fingerprint density at radius 3 is 2.88 bits per heavy atom. The average molecular weight is 347 g/mol. The van der Waals surface area contributed by atoms with Crippen molar-refractivity contribution in [2.45, 2.75) is 18.6 Å². The lowest BCUT2D eigenvalue weighted by atomic mass is 10.0. The molecule has 0 bridgehead atoms. The van der Waals surface area contributed by atoms with Crippen LogP contribution in [0, 0.1) is 11.6 Å². The van der Waals surface area contributed by atoms with E-state index in [1.54, 1.807) is 18.2 Å². The van der Waals surface area contributed by atoms with E-state index in [1.165, 1.54) is 4.90 Å². The molecule has 0 radical (unpaired) electrons. The van der Waals surface area contributed by atoms with Crippen LogP contribution in [0.15, 0.2) is 36.4 Å². The summed E-state index contributed by atoms with van der Waals surface area (Å²) in [5, 5.41) is 10.0. The molecule has 0 saturated carbocycles. The predicted octanol–water partition coefficient (Wildman–Crippen LogP) is 2.64. The highest BCUT2D eigenvalue weighted by Crippen LogP contribution is 2.40. The summed E-state index contributed by atoms with van der Waals surface area (Å²) >= 11 is 0. The van der Waals surface area contributed by atoms with Gasteiger partial charge in [-0.1, -0.05) is 6.07 Å². The Bertz CT molecular complexity index is 842. The molecular weight excluding hydrogens is 332 g/mol. The number of para-hydroxylation sites is 1. The molecule has 2 aromatic rings. The molecule has 2 aliphatic rings. The number of likely N-dealkylation sites (tertiary alicyclic amines) is 1. The van der Waals surface area contributed by atoms with Gasteiger partial charge >= 0.3 is 0 Å². The van der Waals surface area contributed by atoms with Gasteiger partial charge in [-0.3, -0.25) is 4.79 Å². The second kappa shape index (κ2) is 6.00. The van der Waals surface area contributed by atoms with Gasteiger partial charge in [0, 0.05) is 12.1 Å². The smallest absolute Gasteiger partial charge is 0.258 e. The Hall–Kier alpha value is -2.67. The summed E-state index contributed by atoms with van der Waals surface area (Å²) in [5.41, 5.74) is 0.320. The Labute approximate surface area is 142 Å². The lowest BCUT2D eigenvalue weighted by molar-refractivity contribution is 0.0709. The van der Waals surface area contributed by atoms with E-state index < -0.39 is 29.7 Å². The van der Waals surface area contributed by atoms with Crippen LogP contribution in [0.2, 0.25) is 0 Å². The molecule has 2 aliphatic heterocycles. The first kappa shape index (κ1) is 15.8. The number of aliphatic hydroxyl groups is 1. The Morgan fingerprint density at radius 2 is 2.04 bits per heavy atom. The number of halogens is 2. The lowest BCUT2D eigenvalue weighted by Crippen LogP contribution is -2.32. The van der Waals surface area contributed by atoms with Crippen molar-refractivity contribution < 1.29 is 28.2 Å². The molecule has 2 atom stereocenters. The topological polar surface area (TPSA) is 59.0 Å². The zero-order valence-corrected chi connectivity index (χ0v) is 13.1. The second-order valence-electron chi connectivity index (χ2n) is 6.07. The van der Waals surface area contributed by atoms with Gasteiger partial charge in [0.15, 0.2) is 11.5 Å². The SMILES string of the molecule is O=C(c1cccc2c1OCO2)N1CC(O)CC1c1cc(F)ccc1F. The first-order valence-electron chi connectivity index (χ1n) is 7.87. The zero-order valence-electron chi connectivity index (χ0n) is 13.1. The van der Waals surface area contributed by atoms with Gasteiger partial charge in [0.05, 0.1) is 17.7 Å². The van der Waals surface area contributed by atoms with E-state index in [0.717, 1.165) is 18.2 Å². The molecule has 2 aromatic carbocycles. The molecule has 2 unspecified atom stereocenters. The first-order valence-corrected chi connectivity index (χ1v) is 7.87. The van der Waals surface area contributed by atoms with Crippen molar-refractivity contribution in [2.75, 3.05) is 13.3 Å². The number of amides is 1. The van der Waals surface area contributed by atoms with E-state index >= 15 is 0 Å². The fourth-order valence-electron chi connectivity index (χ4n) is 3.36. The third-order valence-electron chi connectivity index (χ3n) is 4.48. The van der Waals surface area contributed by atoms with Gasteiger partial charge in [-0.2, -0.15) is 0 Å². The van der Waals surface area contributed by atoms with Gasteiger partial charge in [0.25, 0.3) is 5.91 Å². The minimum atomic E-state index is -0.814. The standard InChI is InChI=1S/C18H15F2NO4/c19-10-4-5-14(20)13(6-10)15-7-11(22)8-21(15)18(23)12-2-1-3-16-17(12)25-9-24-16/h1-6,11,15,22H,7-9H2. The van der Waals surface area contributed by atoms with Crippen LogP contribution in [0.1, 0.15) is 28.4 Å². The molecule has 4 rings (SSSR count). The second-order valence-corrected chi connectivity index (χ2v) is 6.07. The van der Waals surface area contributed by atoms with E-state index in [-0.39, 0.29) is 30.9 Å². The zero-order chi connectivity index (χ0) is 17.6. The van der Waals surface area contributed by atoms with Gasteiger partial charge in [-0.05, 0) is 36.8 Å². The maximum absolute atomic E-state index is 14.2. The fraction of sp³-hybridized carbons (Fsp3) is 0.278. The number of fused-ring (bicyclic) bond motifs is 1. The van der Waals surface area contributed by atoms with Crippen LogP contribution in [0.5, 0.6) is 11.5 Å². The largest absolute Gasteiger partial charge is 0.454 e. The molecule has 1 fully saturated rings. The number of ether oxygens (including phenoxy) is 2. The van der Waals surface area contributed by atoms with Crippen molar-refractivity contribution in [1.82, 2.24) is 4.90 Å². The van der Waals surface area contributed by atoms with Crippen molar-refractivity contribution in [1.29, 1.82) is 0 Å². The Kier molecular flexibility index (Phi) is 3.80. The fourth-order valence-corrected chi connectivity index (χ4v) is 3.36.